The summed E-state index contributed by atoms with van der Waals surface area (Å²) in [5.74, 6) is 0.619. The van der Waals surface area contributed by atoms with Crippen molar-refractivity contribution in [2.75, 3.05) is 12.3 Å². The number of benzene rings is 1. The highest BCUT2D eigenvalue weighted by Crippen LogP contribution is 2.37. The number of imidazole rings is 1. The predicted molar refractivity (Wildman–Crippen MR) is 103 cm³/mol. The summed E-state index contributed by atoms with van der Waals surface area (Å²) in [6.07, 6.45) is 1.90. The van der Waals surface area contributed by atoms with Crippen LogP contribution in [0.3, 0.4) is 0 Å². The number of rotatable bonds is 4. The largest absolute Gasteiger partial charge is 0.373 e. The Labute approximate surface area is 169 Å². The van der Waals surface area contributed by atoms with Crippen LogP contribution >= 0.6 is 0 Å². The first-order valence-electron chi connectivity index (χ1n) is 9.36. The number of fused-ring (bicyclic) bond motifs is 1. The maximum Gasteiger partial charge on any atom is 0.279 e. The lowest BCUT2D eigenvalue weighted by Gasteiger charge is -2.08. The summed E-state index contributed by atoms with van der Waals surface area (Å²) >= 11 is 0. The van der Waals surface area contributed by atoms with Gasteiger partial charge in [-0.1, -0.05) is 17.3 Å². The highest BCUT2D eigenvalue weighted by Gasteiger charge is 2.31. The first-order valence-corrected chi connectivity index (χ1v) is 9.36. The SMILES string of the molecule is Cn1cnc2nc(N)n(Cc3nc([C@@H]4CO[C@@H](c5ccc(F)cc5)C4)no3)c2c1=O. The van der Waals surface area contributed by atoms with E-state index in [4.69, 9.17) is 15.0 Å². The van der Waals surface area contributed by atoms with E-state index < -0.39 is 0 Å². The minimum Gasteiger partial charge on any atom is -0.373 e. The molecule has 1 aliphatic heterocycles. The van der Waals surface area contributed by atoms with E-state index in [2.05, 4.69) is 20.1 Å². The number of nitrogens with two attached hydrogens (primary N) is 1. The fourth-order valence-electron chi connectivity index (χ4n) is 3.63. The van der Waals surface area contributed by atoms with Gasteiger partial charge in [0.05, 0.1) is 19.0 Å². The van der Waals surface area contributed by atoms with Crippen LogP contribution in [0, 0.1) is 5.82 Å². The second-order valence-corrected chi connectivity index (χ2v) is 7.24. The lowest BCUT2D eigenvalue weighted by molar-refractivity contribution is 0.110. The number of aromatic nitrogens is 6. The molecule has 2 atom stereocenters. The average Bonchev–Trinajstić information content (AvgIpc) is 3.45. The predicted octanol–water partition coefficient (Wildman–Crippen LogP) is 1.53. The van der Waals surface area contributed by atoms with E-state index in [9.17, 15) is 9.18 Å². The fraction of sp³-hybridized carbons (Fsp3) is 0.316. The first-order chi connectivity index (χ1) is 14.5. The summed E-state index contributed by atoms with van der Waals surface area (Å²) in [4.78, 5) is 25.2. The van der Waals surface area contributed by atoms with E-state index in [1.807, 2.05) is 0 Å². The van der Waals surface area contributed by atoms with E-state index in [0.717, 1.165) is 5.56 Å². The molecule has 0 unspecified atom stereocenters. The third-order valence-electron chi connectivity index (χ3n) is 5.24. The number of nitrogen functional groups attached to an aromatic ring is 1. The number of halogens is 1. The van der Waals surface area contributed by atoms with Gasteiger partial charge in [0, 0.05) is 13.0 Å². The Balaban J connectivity index is 1.36. The van der Waals surface area contributed by atoms with Crippen LogP contribution in [-0.4, -0.2) is 35.8 Å². The highest BCUT2D eigenvalue weighted by molar-refractivity contribution is 5.73. The molecule has 1 aromatic carbocycles. The molecule has 4 aromatic rings. The van der Waals surface area contributed by atoms with Gasteiger partial charge in [0.25, 0.3) is 5.56 Å². The van der Waals surface area contributed by atoms with Crippen molar-refractivity contribution in [2.24, 2.45) is 7.05 Å². The van der Waals surface area contributed by atoms with Crippen LogP contribution in [0.2, 0.25) is 0 Å². The second-order valence-electron chi connectivity index (χ2n) is 7.24. The van der Waals surface area contributed by atoms with Crippen LogP contribution < -0.4 is 11.3 Å². The molecule has 4 heterocycles. The monoisotopic (exact) mass is 411 g/mol. The summed E-state index contributed by atoms with van der Waals surface area (Å²) in [7, 11) is 1.60. The van der Waals surface area contributed by atoms with Gasteiger partial charge in [0.2, 0.25) is 11.8 Å². The molecule has 2 N–H and O–H groups in total. The lowest BCUT2D eigenvalue weighted by atomic mass is 10.00. The van der Waals surface area contributed by atoms with E-state index in [1.165, 1.54) is 27.6 Å². The first kappa shape index (κ1) is 18.4. The van der Waals surface area contributed by atoms with Crippen molar-refractivity contribution in [2.45, 2.75) is 25.0 Å². The van der Waals surface area contributed by atoms with Crippen LogP contribution in [0.1, 0.15) is 35.7 Å². The summed E-state index contributed by atoms with van der Waals surface area (Å²) in [6.45, 7) is 0.535. The van der Waals surface area contributed by atoms with Crippen molar-refractivity contribution in [3.05, 3.63) is 64.0 Å². The van der Waals surface area contributed by atoms with Gasteiger partial charge in [-0.15, -0.1) is 0 Å². The van der Waals surface area contributed by atoms with Crippen molar-refractivity contribution in [3.8, 4) is 0 Å². The zero-order valence-corrected chi connectivity index (χ0v) is 16.0. The molecular formula is C19H18FN7O3. The van der Waals surface area contributed by atoms with Gasteiger partial charge in [-0.25, -0.2) is 9.37 Å². The number of hydrogen-bond acceptors (Lipinski definition) is 8. The summed E-state index contributed by atoms with van der Waals surface area (Å²) in [6, 6.07) is 6.26. The maximum absolute atomic E-state index is 13.1. The third-order valence-corrected chi connectivity index (χ3v) is 5.24. The molecule has 0 bridgehead atoms. The summed E-state index contributed by atoms with van der Waals surface area (Å²) in [5.41, 5.74) is 7.15. The van der Waals surface area contributed by atoms with Crippen molar-refractivity contribution in [1.29, 1.82) is 0 Å². The minimum atomic E-state index is -0.285. The molecule has 1 saturated heterocycles. The molecular weight excluding hydrogens is 393 g/mol. The molecule has 3 aromatic heterocycles. The molecule has 0 radical (unpaired) electrons. The van der Waals surface area contributed by atoms with Gasteiger partial charge in [0.15, 0.2) is 17.0 Å². The Bertz CT molecular complexity index is 1280. The second kappa shape index (κ2) is 7.02. The van der Waals surface area contributed by atoms with Gasteiger partial charge in [0.1, 0.15) is 12.4 Å². The van der Waals surface area contributed by atoms with E-state index in [-0.39, 0.29) is 47.1 Å². The van der Waals surface area contributed by atoms with Crippen LogP contribution in [0.5, 0.6) is 0 Å². The Morgan fingerprint density at radius 2 is 2.07 bits per heavy atom. The van der Waals surface area contributed by atoms with Crippen LogP contribution in [0.25, 0.3) is 11.2 Å². The van der Waals surface area contributed by atoms with Crippen molar-refractivity contribution in [3.63, 3.8) is 0 Å². The minimum absolute atomic E-state index is 0.0519. The summed E-state index contributed by atoms with van der Waals surface area (Å²) < 4.78 is 27.2. The molecule has 1 aliphatic rings. The maximum atomic E-state index is 13.1. The number of hydrogen-bond donors (Lipinski definition) is 1. The van der Waals surface area contributed by atoms with Gasteiger partial charge in [-0.05, 0) is 24.1 Å². The number of nitrogens with zero attached hydrogens (tertiary/aromatic N) is 6. The van der Waals surface area contributed by atoms with Crippen LogP contribution in [0.4, 0.5) is 10.3 Å². The molecule has 154 valence electrons. The topological polar surface area (TPSA) is 127 Å². The average molecular weight is 411 g/mol. The molecule has 0 amide bonds. The van der Waals surface area contributed by atoms with Crippen molar-refractivity contribution >= 4 is 17.1 Å². The van der Waals surface area contributed by atoms with Gasteiger partial charge in [-0.2, -0.15) is 9.97 Å². The normalized spacial score (nSPS) is 19.0. The smallest absolute Gasteiger partial charge is 0.279 e. The Morgan fingerprint density at radius 1 is 1.27 bits per heavy atom. The molecule has 0 saturated carbocycles. The fourth-order valence-corrected chi connectivity index (χ4v) is 3.63. The standard InChI is InChI=1S/C19H18FN7O3/c1-26-9-22-17-15(18(26)28)27(19(21)24-17)7-14-23-16(25-30-14)11-6-13(29-8-11)10-2-4-12(20)5-3-10/h2-5,9,11,13H,6-8H2,1H3,(H2,21,24)/t11-,13+/m0/s1. The molecule has 1 fully saturated rings. The number of anilines is 1. The van der Waals surface area contributed by atoms with Crippen molar-refractivity contribution < 1.29 is 13.7 Å². The van der Waals surface area contributed by atoms with Crippen LogP contribution in [0.15, 0.2) is 39.9 Å². The summed E-state index contributed by atoms with van der Waals surface area (Å²) in [5, 5.41) is 4.07. The highest BCUT2D eigenvalue weighted by atomic mass is 19.1. The molecule has 0 spiro atoms. The van der Waals surface area contributed by atoms with Gasteiger partial charge in [-0.3, -0.25) is 9.36 Å². The Morgan fingerprint density at radius 3 is 2.87 bits per heavy atom. The Hall–Kier alpha value is -3.60. The molecule has 10 nitrogen and oxygen atoms in total. The zero-order valence-electron chi connectivity index (χ0n) is 16.0. The van der Waals surface area contributed by atoms with E-state index in [0.29, 0.717) is 24.7 Å². The van der Waals surface area contributed by atoms with E-state index in [1.54, 1.807) is 19.2 Å². The van der Waals surface area contributed by atoms with Crippen LogP contribution in [-0.2, 0) is 18.3 Å². The zero-order chi connectivity index (χ0) is 20.8. The van der Waals surface area contributed by atoms with E-state index >= 15 is 0 Å². The lowest BCUT2D eigenvalue weighted by Crippen LogP contribution is -2.20. The van der Waals surface area contributed by atoms with Gasteiger partial charge >= 0.3 is 0 Å². The molecule has 0 aliphatic carbocycles. The number of aryl methyl sites for hydroxylation is 1. The quantitative estimate of drug-likeness (QED) is 0.536. The third kappa shape index (κ3) is 3.12. The Kier molecular flexibility index (Phi) is 4.31. The molecule has 5 rings (SSSR count). The molecule has 30 heavy (non-hydrogen) atoms. The van der Waals surface area contributed by atoms with Crippen molar-refractivity contribution in [1.82, 2.24) is 29.2 Å². The van der Waals surface area contributed by atoms with Gasteiger partial charge < -0.3 is 19.6 Å². The number of ether oxygens (including phenoxy) is 1. The molecule has 11 heteroatoms.